The zero-order chi connectivity index (χ0) is 23.5. The van der Waals surface area contributed by atoms with Crippen molar-refractivity contribution in [3.8, 4) is 39.5 Å². The largest absolute Gasteiger partial charge is 0.656 e. The van der Waals surface area contributed by atoms with Gasteiger partial charge in [-0.2, -0.15) is 17.7 Å². The van der Waals surface area contributed by atoms with Gasteiger partial charge in [0.1, 0.15) is 5.75 Å². The molecular weight excluding hydrogens is 711 g/mol. The van der Waals surface area contributed by atoms with Crippen LogP contribution >= 0.6 is 0 Å². The summed E-state index contributed by atoms with van der Waals surface area (Å²) in [6.07, 6.45) is 3.56. The monoisotopic (exact) mass is 731 g/mol. The van der Waals surface area contributed by atoms with Crippen LogP contribution in [-0.4, -0.2) is 9.97 Å². The van der Waals surface area contributed by atoms with E-state index in [2.05, 4.69) is 45.3 Å². The molecule has 3 aromatic heterocycles. The Labute approximate surface area is 254 Å². The molecule has 4 nitrogen and oxygen atoms in total. The molecule has 0 amide bonds. The first kappa shape index (κ1) is 27.1. The van der Waals surface area contributed by atoms with E-state index < -0.39 is 0 Å². The quantitative estimate of drug-likeness (QED) is 0.190. The second kappa shape index (κ2) is 12.5. The summed E-state index contributed by atoms with van der Waals surface area (Å²) >= 11 is 0. The number of hydrogen-bond acceptors (Lipinski definition) is 3. The molecule has 0 spiro atoms. The van der Waals surface area contributed by atoms with Gasteiger partial charge in [0.25, 0.3) is 0 Å². The molecule has 180 valence electrons. The van der Waals surface area contributed by atoms with Crippen molar-refractivity contribution in [1.29, 1.82) is 0 Å². The van der Waals surface area contributed by atoms with Crippen molar-refractivity contribution in [2.24, 2.45) is 0 Å². The van der Waals surface area contributed by atoms with Crippen LogP contribution in [0.5, 0.6) is 5.75 Å². The fourth-order valence-electron chi connectivity index (χ4n) is 4.14. The van der Waals surface area contributed by atoms with Gasteiger partial charge in [-0.05, 0) is 29.7 Å². The summed E-state index contributed by atoms with van der Waals surface area (Å²) in [4.78, 5) is 13.2. The first-order chi connectivity index (χ1) is 17.4. The summed E-state index contributed by atoms with van der Waals surface area (Å²) in [5, 5.41) is 1.16. The van der Waals surface area contributed by atoms with Crippen molar-refractivity contribution in [1.82, 2.24) is 15.0 Å². The van der Waals surface area contributed by atoms with Crippen LogP contribution in [-0.2, 0) is 59.4 Å². The normalized spacial score (nSPS) is 10.9. The van der Waals surface area contributed by atoms with E-state index in [9.17, 15) is 0 Å². The van der Waals surface area contributed by atoms with Crippen LogP contribution in [0.1, 0.15) is 5.56 Å². The van der Waals surface area contributed by atoms with E-state index in [1.165, 1.54) is 0 Å². The standard InChI is InChI=1S/C18H10NO.C13H9N2.Ir.Y/c1-2-6-13(7-3-1)14-8-4-9-15-16(14)12-20-17-10-5-11-19-18(15)17;1-2-6-11-10(5-1)9-13(15-11)12-7-3-4-8-14-12;;/h1-6,10-11H,12H2;1-9H;;/q-3;-1;;. The van der Waals surface area contributed by atoms with E-state index in [0.717, 1.165) is 56.0 Å². The Balaban J connectivity index is 0.000000170. The zero-order valence-corrected chi connectivity index (χ0v) is 24.9. The van der Waals surface area contributed by atoms with E-state index in [-0.39, 0.29) is 52.8 Å². The van der Waals surface area contributed by atoms with Crippen molar-refractivity contribution in [3.63, 3.8) is 0 Å². The summed E-state index contributed by atoms with van der Waals surface area (Å²) in [6.45, 7) is 0.514. The minimum absolute atomic E-state index is 0. The zero-order valence-electron chi connectivity index (χ0n) is 19.7. The fraction of sp³-hybridized carbons (Fsp3) is 0.0323. The average molecular weight is 731 g/mol. The Morgan fingerprint density at radius 1 is 0.784 bits per heavy atom. The van der Waals surface area contributed by atoms with Crippen molar-refractivity contribution in [3.05, 3.63) is 127 Å². The molecule has 1 aliphatic heterocycles. The van der Waals surface area contributed by atoms with Gasteiger partial charge in [-0.1, -0.05) is 36.4 Å². The molecule has 6 heteroatoms. The molecule has 0 unspecified atom stereocenters. The molecule has 2 radical (unpaired) electrons. The number of pyridine rings is 2. The maximum absolute atomic E-state index is 5.80. The molecule has 0 aliphatic carbocycles. The van der Waals surface area contributed by atoms with Crippen molar-refractivity contribution in [2.45, 2.75) is 6.61 Å². The van der Waals surface area contributed by atoms with Gasteiger partial charge >= 0.3 is 0 Å². The van der Waals surface area contributed by atoms with Gasteiger partial charge in [-0.3, -0.25) is 22.1 Å². The second-order valence-corrected chi connectivity index (χ2v) is 7.99. The Morgan fingerprint density at radius 3 is 2.41 bits per heavy atom. The summed E-state index contributed by atoms with van der Waals surface area (Å²) in [7, 11) is 0. The molecule has 4 heterocycles. The van der Waals surface area contributed by atoms with Crippen LogP contribution in [0.15, 0.2) is 103 Å². The van der Waals surface area contributed by atoms with Crippen molar-refractivity contribution < 1.29 is 57.6 Å². The SMILES string of the molecule is [Ir].[Y].[c-]1ccccc1-c1[c-]c[c-]c2c1COc1cccnc1-2.c1ccc(-c2cc3ccccc3[n-]2)nc1. The van der Waals surface area contributed by atoms with E-state index in [1.807, 2.05) is 78.9 Å². The molecule has 0 saturated carbocycles. The van der Waals surface area contributed by atoms with Gasteiger partial charge in [-0.25, -0.2) is 17.7 Å². The molecule has 0 N–H and O–H groups in total. The third-order valence-electron chi connectivity index (χ3n) is 5.79. The number of ether oxygens (including phenoxy) is 1. The van der Waals surface area contributed by atoms with E-state index in [4.69, 9.17) is 4.74 Å². The smallest absolute Gasteiger partial charge is 0.140 e. The number of rotatable bonds is 2. The van der Waals surface area contributed by atoms with E-state index >= 15 is 0 Å². The Hall–Kier alpha value is -2.95. The van der Waals surface area contributed by atoms with E-state index in [1.54, 1.807) is 12.4 Å². The van der Waals surface area contributed by atoms with Gasteiger partial charge in [0.05, 0.1) is 5.69 Å². The Morgan fingerprint density at radius 2 is 1.59 bits per heavy atom. The number of para-hydroxylation sites is 1. The molecule has 0 fully saturated rings. The minimum atomic E-state index is 0. The molecule has 6 aromatic rings. The van der Waals surface area contributed by atoms with Crippen molar-refractivity contribution in [2.75, 3.05) is 0 Å². The Kier molecular flexibility index (Phi) is 9.18. The molecule has 1 aliphatic rings. The van der Waals surface area contributed by atoms with Gasteiger partial charge in [0.15, 0.2) is 0 Å². The molecule has 0 saturated heterocycles. The molecular formula is C31H19IrN3OY-4. The number of aromatic nitrogens is 3. The van der Waals surface area contributed by atoms with Gasteiger partial charge < -0.3 is 26.9 Å². The van der Waals surface area contributed by atoms with Gasteiger partial charge in [0, 0.05) is 77.5 Å². The maximum atomic E-state index is 5.80. The third kappa shape index (κ3) is 5.81. The number of hydrogen-bond donors (Lipinski definition) is 0. The second-order valence-electron chi connectivity index (χ2n) is 7.99. The number of nitrogens with zero attached hydrogens (tertiary/aromatic N) is 3. The topological polar surface area (TPSA) is 49.1 Å². The van der Waals surface area contributed by atoms with Crippen LogP contribution in [0.25, 0.3) is 44.7 Å². The first-order valence-corrected chi connectivity index (χ1v) is 11.3. The summed E-state index contributed by atoms with van der Waals surface area (Å²) in [5.41, 5.74) is 7.83. The Bertz CT molecular complexity index is 1560. The molecule has 7 rings (SSSR count). The molecule has 0 atom stereocenters. The number of fused-ring (bicyclic) bond motifs is 4. The minimum Gasteiger partial charge on any atom is -0.656 e. The predicted octanol–water partition coefficient (Wildman–Crippen LogP) is 6.56. The fourth-order valence-corrected chi connectivity index (χ4v) is 4.14. The van der Waals surface area contributed by atoms with Crippen LogP contribution in [0.4, 0.5) is 0 Å². The van der Waals surface area contributed by atoms with Gasteiger partial charge in [-0.15, -0.1) is 17.3 Å². The summed E-state index contributed by atoms with van der Waals surface area (Å²) in [5.74, 6) is 0.811. The molecule has 3 aromatic carbocycles. The summed E-state index contributed by atoms with van der Waals surface area (Å²) in [6, 6.07) is 39.3. The predicted molar refractivity (Wildman–Crippen MR) is 136 cm³/mol. The van der Waals surface area contributed by atoms with Crippen LogP contribution < -0.4 is 9.72 Å². The van der Waals surface area contributed by atoms with Crippen molar-refractivity contribution >= 4 is 10.9 Å². The van der Waals surface area contributed by atoms with Crippen LogP contribution in [0.3, 0.4) is 0 Å². The molecule has 0 bridgehead atoms. The maximum Gasteiger partial charge on any atom is 0.140 e. The van der Waals surface area contributed by atoms with E-state index in [0.29, 0.717) is 6.61 Å². The third-order valence-corrected chi connectivity index (χ3v) is 5.79. The van der Waals surface area contributed by atoms with Crippen LogP contribution in [0.2, 0.25) is 0 Å². The van der Waals surface area contributed by atoms with Gasteiger partial charge in [0.2, 0.25) is 0 Å². The molecule has 37 heavy (non-hydrogen) atoms. The number of benzene rings is 3. The van der Waals surface area contributed by atoms with Crippen LogP contribution in [0, 0.1) is 18.2 Å². The average Bonchev–Trinajstić information content (AvgIpc) is 3.39. The summed E-state index contributed by atoms with van der Waals surface area (Å²) < 4.78 is 5.80. The first-order valence-electron chi connectivity index (χ1n) is 11.3.